The summed E-state index contributed by atoms with van der Waals surface area (Å²) in [5.74, 6) is -0.459. The first kappa shape index (κ1) is 25.6. The van der Waals surface area contributed by atoms with E-state index in [0.29, 0.717) is 11.1 Å². The lowest BCUT2D eigenvalue weighted by atomic mass is 9.85. The first-order valence-electron chi connectivity index (χ1n) is 10.1. The third-order valence-corrected chi connectivity index (χ3v) is 7.31. The molecule has 1 N–H and O–H groups in total. The van der Waals surface area contributed by atoms with E-state index < -0.39 is 46.3 Å². The highest BCUT2D eigenvalue weighted by atomic mass is 35.5. The van der Waals surface area contributed by atoms with E-state index in [9.17, 15) is 35.5 Å². The number of hydrogen-bond donors (Lipinski definition) is 1. The molecule has 1 saturated heterocycles. The van der Waals surface area contributed by atoms with Crippen molar-refractivity contribution in [2.75, 3.05) is 11.5 Å². The number of carbonyl (C=O) groups is 1. The van der Waals surface area contributed by atoms with Gasteiger partial charge in [-0.15, -0.1) is 0 Å². The standard InChI is InChI=1S/C22H16ClF7N2O2S/c1-10-4-11(2-3-14(10)19(33)31-13-8-35-9-13)17-7-20(34-32-17,22(28,29)30)15-5-12(21(25,26)27)6-16(23)18(15)24/h2-6,13H,7-9H2,1H3,(H,31,33)/t20-/m1/s1. The highest BCUT2D eigenvalue weighted by Crippen LogP contribution is 2.51. The molecule has 35 heavy (non-hydrogen) atoms. The second kappa shape index (κ2) is 8.88. The summed E-state index contributed by atoms with van der Waals surface area (Å²) in [4.78, 5) is 17.1. The number of alkyl halides is 6. The van der Waals surface area contributed by atoms with E-state index in [0.717, 1.165) is 11.5 Å². The predicted molar refractivity (Wildman–Crippen MR) is 116 cm³/mol. The number of halogens is 8. The maximum absolute atomic E-state index is 14.7. The molecule has 0 unspecified atom stereocenters. The van der Waals surface area contributed by atoms with E-state index >= 15 is 0 Å². The second-order valence-corrected chi connectivity index (χ2v) is 9.67. The van der Waals surface area contributed by atoms with Crippen molar-refractivity contribution in [1.82, 2.24) is 5.32 Å². The molecule has 2 aliphatic rings. The van der Waals surface area contributed by atoms with Crippen LogP contribution in [0.3, 0.4) is 0 Å². The Labute approximate surface area is 203 Å². The van der Waals surface area contributed by atoms with Gasteiger partial charge in [-0.1, -0.05) is 22.8 Å². The summed E-state index contributed by atoms with van der Waals surface area (Å²) in [6, 6.07) is 4.45. The van der Waals surface area contributed by atoms with Gasteiger partial charge in [-0.2, -0.15) is 38.1 Å². The van der Waals surface area contributed by atoms with Crippen molar-refractivity contribution in [3.05, 3.63) is 69.0 Å². The second-order valence-electron chi connectivity index (χ2n) is 8.19. The fraction of sp³-hybridized carbons (Fsp3) is 0.364. The molecule has 0 bridgehead atoms. The van der Waals surface area contributed by atoms with Crippen LogP contribution in [0, 0.1) is 12.7 Å². The van der Waals surface area contributed by atoms with Crippen LogP contribution in [0.15, 0.2) is 35.5 Å². The van der Waals surface area contributed by atoms with Crippen LogP contribution in [0.25, 0.3) is 0 Å². The molecule has 4 rings (SSSR count). The maximum Gasteiger partial charge on any atom is 0.435 e. The number of amides is 1. The fourth-order valence-electron chi connectivity index (χ4n) is 3.76. The molecule has 1 fully saturated rings. The zero-order valence-corrected chi connectivity index (χ0v) is 19.4. The maximum atomic E-state index is 14.7. The zero-order valence-electron chi connectivity index (χ0n) is 17.8. The molecule has 13 heteroatoms. The van der Waals surface area contributed by atoms with Crippen LogP contribution in [0.5, 0.6) is 0 Å². The normalized spacial score (nSPS) is 20.8. The minimum absolute atomic E-state index is 0.0323. The minimum atomic E-state index is -5.34. The van der Waals surface area contributed by atoms with E-state index in [-0.39, 0.29) is 35.4 Å². The molecular formula is C22H16ClF7N2O2S. The fourth-order valence-corrected chi connectivity index (χ4v) is 4.62. The van der Waals surface area contributed by atoms with Crippen molar-refractivity contribution in [1.29, 1.82) is 0 Å². The summed E-state index contributed by atoms with van der Waals surface area (Å²) >= 11 is 7.19. The highest BCUT2D eigenvalue weighted by molar-refractivity contribution is 8.00. The van der Waals surface area contributed by atoms with Crippen LogP contribution < -0.4 is 5.32 Å². The number of carbonyl (C=O) groups excluding carboxylic acids is 1. The van der Waals surface area contributed by atoms with Crippen molar-refractivity contribution >= 4 is 35.0 Å². The van der Waals surface area contributed by atoms with Gasteiger partial charge in [0.25, 0.3) is 11.5 Å². The summed E-state index contributed by atoms with van der Waals surface area (Å²) < 4.78 is 96.9. The Hall–Kier alpha value is -2.47. The average molecular weight is 541 g/mol. The van der Waals surface area contributed by atoms with E-state index in [4.69, 9.17) is 11.6 Å². The Balaban J connectivity index is 1.68. The molecule has 0 aromatic heterocycles. The first-order chi connectivity index (χ1) is 16.2. The predicted octanol–water partition coefficient (Wildman–Crippen LogP) is 6.23. The van der Waals surface area contributed by atoms with Crippen molar-refractivity contribution in [3.63, 3.8) is 0 Å². The van der Waals surface area contributed by atoms with Crippen molar-refractivity contribution in [3.8, 4) is 0 Å². The number of thioether (sulfide) groups is 1. The summed E-state index contributed by atoms with van der Waals surface area (Å²) in [5.41, 5.74) is -5.90. The number of rotatable bonds is 4. The van der Waals surface area contributed by atoms with Gasteiger partial charge in [-0.3, -0.25) is 4.79 Å². The molecular weight excluding hydrogens is 525 g/mol. The van der Waals surface area contributed by atoms with Gasteiger partial charge in [-0.25, -0.2) is 4.39 Å². The highest BCUT2D eigenvalue weighted by Gasteiger charge is 2.64. The molecule has 1 amide bonds. The Bertz CT molecular complexity index is 1210. The van der Waals surface area contributed by atoms with Gasteiger partial charge >= 0.3 is 12.4 Å². The van der Waals surface area contributed by atoms with Crippen LogP contribution in [0.2, 0.25) is 5.02 Å². The summed E-state index contributed by atoms with van der Waals surface area (Å²) in [5, 5.41) is 5.16. The van der Waals surface area contributed by atoms with E-state index in [1.54, 1.807) is 18.7 Å². The third kappa shape index (κ3) is 4.69. The number of benzene rings is 2. The van der Waals surface area contributed by atoms with Gasteiger partial charge < -0.3 is 10.2 Å². The number of nitrogens with zero attached hydrogens (tertiary/aromatic N) is 1. The molecule has 2 aliphatic heterocycles. The van der Waals surface area contributed by atoms with Crippen molar-refractivity contribution in [2.24, 2.45) is 5.16 Å². The number of nitrogens with one attached hydrogen (secondary N) is 1. The number of hydrogen-bond acceptors (Lipinski definition) is 4. The summed E-state index contributed by atoms with van der Waals surface area (Å²) in [6.07, 6.45) is -11.5. The van der Waals surface area contributed by atoms with Crippen LogP contribution in [-0.2, 0) is 16.6 Å². The monoisotopic (exact) mass is 540 g/mol. The molecule has 0 radical (unpaired) electrons. The van der Waals surface area contributed by atoms with Gasteiger partial charge in [0, 0.05) is 28.7 Å². The number of aryl methyl sites for hydroxylation is 1. The van der Waals surface area contributed by atoms with Gasteiger partial charge in [0.15, 0.2) is 0 Å². The molecule has 188 valence electrons. The first-order valence-corrected chi connectivity index (χ1v) is 11.6. The van der Waals surface area contributed by atoms with Gasteiger partial charge in [0.05, 0.1) is 22.7 Å². The van der Waals surface area contributed by atoms with Crippen LogP contribution in [0.4, 0.5) is 30.7 Å². The van der Waals surface area contributed by atoms with Crippen LogP contribution in [0.1, 0.15) is 39.0 Å². The lowest BCUT2D eigenvalue weighted by molar-refractivity contribution is -0.276. The molecule has 0 saturated carbocycles. The molecule has 4 nitrogen and oxygen atoms in total. The molecule has 2 aromatic carbocycles. The smallest absolute Gasteiger partial charge is 0.374 e. The Morgan fingerprint density at radius 1 is 1.17 bits per heavy atom. The van der Waals surface area contributed by atoms with Crippen molar-refractivity contribution in [2.45, 2.75) is 37.3 Å². The van der Waals surface area contributed by atoms with Crippen molar-refractivity contribution < 1.29 is 40.4 Å². The average Bonchev–Trinajstić information content (AvgIpc) is 3.18. The number of oxime groups is 1. The zero-order chi connectivity index (χ0) is 25.8. The summed E-state index contributed by atoms with van der Waals surface area (Å²) in [7, 11) is 0. The lowest BCUT2D eigenvalue weighted by Crippen LogP contribution is -2.44. The van der Waals surface area contributed by atoms with E-state index in [1.807, 2.05) is 0 Å². The molecule has 0 aliphatic carbocycles. The Morgan fingerprint density at radius 2 is 1.86 bits per heavy atom. The quantitative estimate of drug-likeness (QED) is 0.468. The minimum Gasteiger partial charge on any atom is -0.374 e. The topological polar surface area (TPSA) is 50.7 Å². The Kier molecular flexibility index (Phi) is 6.50. The van der Waals surface area contributed by atoms with Gasteiger partial charge in [0.1, 0.15) is 5.82 Å². The van der Waals surface area contributed by atoms with Gasteiger partial charge in [-0.05, 0) is 42.3 Å². The van der Waals surface area contributed by atoms with Crippen LogP contribution >= 0.6 is 23.4 Å². The SMILES string of the molecule is Cc1cc(C2=NO[C@](c3cc(C(F)(F)F)cc(Cl)c3F)(C(F)(F)F)C2)ccc1C(=O)NC1CSC1. The lowest BCUT2D eigenvalue weighted by Gasteiger charge is -2.30. The van der Waals surface area contributed by atoms with E-state index in [2.05, 4.69) is 15.3 Å². The van der Waals surface area contributed by atoms with Gasteiger partial charge in [0.2, 0.25) is 0 Å². The van der Waals surface area contributed by atoms with Crippen LogP contribution in [-0.4, -0.2) is 35.3 Å². The summed E-state index contributed by atoms with van der Waals surface area (Å²) in [6.45, 7) is 1.58. The molecule has 2 heterocycles. The Morgan fingerprint density at radius 3 is 2.40 bits per heavy atom. The van der Waals surface area contributed by atoms with E-state index in [1.165, 1.54) is 18.2 Å². The molecule has 2 aromatic rings. The largest absolute Gasteiger partial charge is 0.435 e. The third-order valence-electron chi connectivity index (χ3n) is 5.75. The molecule has 0 spiro atoms. The molecule has 1 atom stereocenters.